The van der Waals surface area contributed by atoms with Gasteiger partial charge in [0.05, 0.1) is 24.6 Å². The molecule has 1 aromatic rings. The molecule has 1 aromatic heterocycles. The van der Waals surface area contributed by atoms with Gasteiger partial charge < -0.3 is 9.47 Å². The summed E-state index contributed by atoms with van der Waals surface area (Å²) in [5.41, 5.74) is 1.50. The highest BCUT2D eigenvalue weighted by Gasteiger charge is 2.29. The second kappa shape index (κ2) is 6.39. The van der Waals surface area contributed by atoms with Gasteiger partial charge in [-0.2, -0.15) is 0 Å². The number of likely N-dealkylation sites (N-methyl/N-ethyl adjacent to an activating group) is 1. The fourth-order valence-corrected chi connectivity index (χ4v) is 2.79. The van der Waals surface area contributed by atoms with Crippen LogP contribution in [0.25, 0.3) is 0 Å². The van der Waals surface area contributed by atoms with E-state index in [0.29, 0.717) is 19.5 Å². The largest absolute Gasteiger partial charge is 0.335 e. The highest BCUT2D eigenvalue weighted by molar-refractivity contribution is 5.82. The van der Waals surface area contributed by atoms with Crippen molar-refractivity contribution in [3.05, 3.63) is 27.9 Å². The van der Waals surface area contributed by atoms with Crippen LogP contribution < -0.4 is 5.56 Å². The molecule has 1 unspecified atom stereocenters. The molecule has 1 aliphatic heterocycles. The summed E-state index contributed by atoms with van der Waals surface area (Å²) in [7, 11) is 5.57. The molecule has 0 saturated carbocycles. The number of hydrogen-bond acceptors (Lipinski definition) is 4. The molecule has 2 rings (SSSR count). The van der Waals surface area contributed by atoms with E-state index in [1.807, 2.05) is 23.9 Å². The van der Waals surface area contributed by atoms with E-state index in [0.717, 1.165) is 24.1 Å². The Balaban J connectivity index is 2.19. The molecule has 0 aliphatic carbocycles. The number of carbonyl (C=O) groups excluding carboxylic acids is 1. The summed E-state index contributed by atoms with van der Waals surface area (Å²) in [6.07, 6.45) is 3.94. The highest BCUT2D eigenvalue weighted by Crippen LogP contribution is 2.16. The first-order valence-corrected chi connectivity index (χ1v) is 7.44. The molecule has 2 heterocycles. The van der Waals surface area contributed by atoms with Gasteiger partial charge >= 0.3 is 0 Å². The van der Waals surface area contributed by atoms with Gasteiger partial charge in [0.25, 0.3) is 5.56 Å². The van der Waals surface area contributed by atoms with Crippen molar-refractivity contribution in [2.75, 3.05) is 20.6 Å². The first kappa shape index (κ1) is 15.7. The number of rotatable bonds is 4. The monoisotopic (exact) mass is 292 g/mol. The lowest BCUT2D eigenvalue weighted by molar-refractivity contribution is -0.137. The van der Waals surface area contributed by atoms with Crippen LogP contribution >= 0.6 is 0 Å². The standard InChI is InChI=1S/C15H24N4O2/c1-5-6-13(17(2)3)15(21)19-8-7-11-12(9-19)16-10-18(4)14(11)20/h10,13H,5-9H2,1-4H3. The van der Waals surface area contributed by atoms with E-state index >= 15 is 0 Å². The summed E-state index contributed by atoms with van der Waals surface area (Å²) in [4.78, 5) is 32.8. The van der Waals surface area contributed by atoms with Crippen LogP contribution in [-0.4, -0.2) is 51.9 Å². The summed E-state index contributed by atoms with van der Waals surface area (Å²) in [6, 6.07) is -0.0944. The maximum Gasteiger partial charge on any atom is 0.256 e. The van der Waals surface area contributed by atoms with Crippen LogP contribution in [0.2, 0.25) is 0 Å². The van der Waals surface area contributed by atoms with Gasteiger partial charge in [0, 0.05) is 19.2 Å². The fourth-order valence-electron chi connectivity index (χ4n) is 2.79. The second-order valence-corrected chi connectivity index (χ2v) is 5.86. The van der Waals surface area contributed by atoms with Gasteiger partial charge in [-0.1, -0.05) is 13.3 Å². The van der Waals surface area contributed by atoms with Crippen LogP contribution in [-0.2, 0) is 24.8 Å². The van der Waals surface area contributed by atoms with Crippen molar-refractivity contribution in [1.29, 1.82) is 0 Å². The molecule has 0 N–H and O–H groups in total. The zero-order valence-corrected chi connectivity index (χ0v) is 13.3. The molecule has 0 bridgehead atoms. The van der Waals surface area contributed by atoms with Gasteiger partial charge in [0.2, 0.25) is 5.91 Å². The first-order valence-electron chi connectivity index (χ1n) is 7.44. The lowest BCUT2D eigenvalue weighted by atomic mass is 10.0. The van der Waals surface area contributed by atoms with Crippen molar-refractivity contribution in [3.8, 4) is 0 Å². The van der Waals surface area contributed by atoms with Gasteiger partial charge in [0.1, 0.15) is 0 Å². The average Bonchev–Trinajstić information content (AvgIpc) is 2.47. The zero-order valence-electron chi connectivity index (χ0n) is 13.3. The van der Waals surface area contributed by atoms with E-state index in [1.165, 1.54) is 10.9 Å². The Kier molecular flexibility index (Phi) is 4.77. The normalized spacial score (nSPS) is 16.0. The lowest BCUT2D eigenvalue weighted by Crippen LogP contribution is -2.48. The molecule has 6 heteroatoms. The molecule has 0 fully saturated rings. The van der Waals surface area contributed by atoms with Gasteiger partial charge in [-0.3, -0.25) is 14.5 Å². The van der Waals surface area contributed by atoms with Crippen molar-refractivity contribution in [1.82, 2.24) is 19.4 Å². The van der Waals surface area contributed by atoms with Crippen molar-refractivity contribution < 1.29 is 4.79 Å². The van der Waals surface area contributed by atoms with E-state index in [1.54, 1.807) is 7.05 Å². The topological polar surface area (TPSA) is 58.4 Å². The fraction of sp³-hybridized carbons (Fsp3) is 0.667. The number of fused-ring (bicyclic) bond motifs is 1. The summed E-state index contributed by atoms with van der Waals surface area (Å²) in [6.45, 7) is 3.12. The van der Waals surface area contributed by atoms with Crippen molar-refractivity contribution in [2.45, 2.75) is 38.8 Å². The Morgan fingerprint density at radius 1 is 1.48 bits per heavy atom. The number of aromatic nitrogens is 2. The van der Waals surface area contributed by atoms with Crippen molar-refractivity contribution in [2.24, 2.45) is 7.05 Å². The molecule has 1 atom stereocenters. The van der Waals surface area contributed by atoms with E-state index in [9.17, 15) is 9.59 Å². The second-order valence-electron chi connectivity index (χ2n) is 5.86. The molecule has 116 valence electrons. The Bertz CT molecular complexity index is 580. The molecule has 0 aromatic carbocycles. The Morgan fingerprint density at radius 3 is 2.81 bits per heavy atom. The number of aryl methyl sites for hydroxylation is 1. The van der Waals surface area contributed by atoms with E-state index < -0.39 is 0 Å². The van der Waals surface area contributed by atoms with Crippen LogP contribution in [0.15, 0.2) is 11.1 Å². The van der Waals surface area contributed by atoms with E-state index in [4.69, 9.17) is 0 Å². The third kappa shape index (κ3) is 3.15. The zero-order chi connectivity index (χ0) is 15.6. The van der Waals surface area contributed by atoms with Gasteiger partial charge in [-0.25, -0.2) is 4.98 Å². The minimum Gasteiger partial charge on any atom is -0.335 e. The Labute approximate surface area is 125 Å². The minimum atomic E-state index is -0.0944. The maximum absolute atomic E-state index is 12.7. The van der Waals surface area contributed by atoms with Gasteiger partial charge in [-0.05, 0) is 26.9 Å². The highest BCUT2D eigenvalue weighted by atomic mass is 16.2. The number of amides is 1. The van der Waals surface area contributed by atoms with E-state index in [2.05, 4.69) is 11.9 Å². The van der Waals surface area contributed by atoms with Crippen molar-refractivity contribution >= 4 is 5.91 Å². The molecule has 0 spiro atoms. The summed E-state index contributed by atoms with van der Waals surface area (Å²) in [5, 5.41) is 0. The quantitative estimate of drug-likeness (QED) is 0.806. The molecule has 21 heavy (non-hydrogen) atoms. The van der Waals surface area contributed by atoms with Crippen molar-refractivity contribution in [3.63, 3.8) is 0 Å². The molecular formula is C15H24N4O2. The minimum absolute atomic E-state index is 0.00446. The number of carbonyl (C=O) groups is 1. The third-order valence-corrected chi connectivity index (χ3v) is 4.07. The van der Waals surface area contributed by atoms with Crippen LogP contribution in [0, 0.1) is 0 Å². The SMILES string of the molecule is CCCC(C(=O)N1CCc2c(ncn(C)c2=O)C1)N(C)C. The maximum atomic E-state index is 12.7. The van der Waals surface area contributed by atoms with Gasteiger partial charge in [-0.15, -0.1) is 0 Å². The van der Waals surface area contributed by atoms with Crippen LogP contribution in [0.1, 0.15) is 31.0 Å². The summed E-state index contributed by atoms with van der Waals surface area (Å²) in [5.74, 6) is 0.134. The average molecular weight is 292 g/mol. The Hall–Kier alpha value is -1.69. The van der Waals surface area contributed by atoms with Gasteiger partial charge in [0.15, 0.2) is 0 Å². The van der Waals surface area contributed by atoms with Crippen LogP contribution in [0.3, 0.4) is 0 Å². The number of hydrogen-bond donors (Lipinski definition) is 0. The molecule has 1 amide bonds. The molecule has 6 nitrogen and oxygen atoms in total. The third-order valence-electron chi connectivity index (χ3n) is 4.07. The molecular weight excluding hydrogens is 268 g/mol. The Morgan fingerprint density at radius 2 is 2.19 bits per heavy atom. The lowest BCUT2D eigenvalue weighted by Gasteiger charge is -2.33. The predicted molar refractivity (Wildman–Crippen MR) is 81.0 cm³/mol. The summed E-state index contributed by atoms with van der Waals surface area (Å²) >= 11 is 0. The van der Waals surface area contributed by atoms with Crippen LogP contribution in [0.5, 0.6) is 0 Å². The molecule has 0 saturated heterocycles. The molecule has 1 aliphatic rings. The van der Waals surface area contributed by atoms with Crippen LogP contribution in [0.4, 0.5) is 0 Å². The predicted octanol–water partition coefficient (Wildman–Crippen LogP) is 0.395. The number of nitrogens with zero attached hydrogens (tertiary/aromatic N) is 4. The summed E-state index contributed by atoms with van der Waals surface area (Å²) < 4.78 is 1.50. The smallest absolute Gasteiger partial charge is 0.256 e. The first-order chi connectivity index (χ1) is 9.95. The van der Waals surface area contributed by atoms with E-state index in [-0.39, 0.29) is 17.5 Å². The molecule has 0 radical (unpaired) electrons.